The Balaban J connectivity index is 1.99. The molecule has 0 saturated heterocycles. The van der Waals surface area contributed by atoms with Gasteiger partial charge in [0, 0.05) is 33.0 Å². The smallest absolute Gasteiger partial charge is 0.338 e. The minimum Gasteiger partial charge on any atom is -0.422 e. The van der Waals surface area contributed by atoms with Crippen LogP contribution in [0.25, 0.3) is 10.8 Å². The second-order valence-electron chi connectivity index (χ2n) is 7.58. The Kier molecular flexibility index (Phi) is 4.14. The lowest BCUT2D eigenvalue weighted by molar-refractivity contribution is -0.131. The van der Waals surface area contributed by atoms with Crippen LogP contribution in [0, 0.1) is 0 Å². The second-order valence-corrected chi connectivity index (χ2v) is 7.58. The molecule has 0 spiro atoms. The van der Waals surface area contributed by atoms with E-state index in [1.165, 1.54) is 0 Å². The normalized spacial score (nSPS) is 19.6. The maximum absolute atomic E-state index is 12.3. The Morgan fingerprint density at radius 2 is 1.26 bits per heavy atom. The molecule has 1 fully saturated rings. The summed E-state index contributed by atoms with van der Waals surface area (Å²) in [6.45, 7) is 10.7. The van der Waals surface area contributed by atoms with E-state index in [1.807, 2.05) is 24.3 Å². The molecule has 138 valence electrons. The Labute approximate surface area is 158 Å². The molecule has 2 atom stereocenters. The molecule has 27 heavy (non-hydrogen) atoms. The van der Waals surface area contributed by atoms with E-state index in [1.54, 1.807) is 13.8 Å². The molecule has 4 heteroatoms. The van der Waals surface area contributed by atoms with Crippen LogP contribution in [0.5, 0.6) is 11.5 Å². The van der Waals surface area contributed by atoms with Crippen LogP contribution in [0.3, 0.4) is 0 Å². The van der Waals surface area contributed by atoms with Crippen molar-refractivity contribution < 1.29 is 19.1 Å². The largest absolute Gasteiger partial charge is 0.422 e. The molecule has 0 aliphatic heterocycles. The SMILES string of the molecule is C=C(C)C(=O)Oc1c2c(c(OC(=O)C(=C)C)c3ccccc13)C1CCC2C1. The first kappa shape index (κ1) is 17.5. The van der Waals surface area contributed by atoms with Gasteiger partial charge in [-0.05, 0) is 44.9 Å². The lowest BCUT2D eigenvalue weighted by Crippen LogP contribution is -2.15. The first-order chi connectivity index (χ1) is 12.9. The highest BCUT2D eigenvalue weighted by molar-refractivity contribution is 6.02. The van der Waals surface area contributed by atoms with Crippen molar-refractivity contribution in [2.24, 2.45) is 0 Å². The number of ether oxygens (including phenoxy) is 2. The summed E-state index contributed by atoms with van der Waals surface area (Å²) >= 11 is 0. The van der Waals surface area contributed by atoms with Gasteiger partial charge in [0.15, 0.2) is 0 Å². The average Bonchev–Trinajstić information content (AvgIpc) is 3.25. The van der Waals surface area contributed by atoms with Crippen molar-refractivity contribution in [2.75, 3.05) is 0 Å². The van der Waals surface area contributed by atoms with Crippen molar-refractivity contribution in [1.82, 2.24) is 0 Å². The van der Waals surface area contributed by atoms with Crippen molar-refractivity contribution in [3.8, 4) is 11.5 Å². The van der Waals surface area contributed by atoms with Gasteiger partial charge in [-0.1, -0.05) is 37.4 Å². The zero-order valence-corrected chi connectivity index (χ0v) is 15.6. The summed E-state index contributed by atoms with van der Waals surface area (Å²) in [5, 5.41) is 1.56. The number of esters is 2. The average molecular weight is 362 g/mol. The van der Waals surface area contributed by atoms with Crippen LogP contribution in [-0.4, -0.2) is 11.9 Å². The monoisotopic (exact) mass is 362 g/mol. The maximum atomic E-state index is 12.3. The van der Waals surface area contributed by atoms with Crippen LogP contribution in [-0.2, 0) is 9.59 Å². The number of rotatable bonds is 4. The van der Waals surface area contributed by atoms with Gasteiger partial charge >= 0.3 is 11.9 Å². The molecule has 0 heterocycles. The fourth-order valence-electron chi connectivity index (χ4n) is 4.31. The third-order valence-electron chi connectivity index (χ3n) is 5.53. The molecular formula is C23H22O4. The van der Waals surface area contributed by atoms with Gasteiger partial charge in [0.25, 0.3) is 0 Å². The van der Waals surface area contributed by atoms with Gasteiger partial charge in [-0.25, -0.2) is 9.59 Å². The molecule has 2 aliphatic rings. The van der Waals surface area contributed by atoms with E-state index in [9.17, 15) is 9.59 Å². The van der Waals surface area contributed by atoms with Gasteiger partial charge in [-0.3, -0.25) is 0 Å². The Hall–Kier alpha value is -2.88. The molecular weight excluding hydrogens is 340 g/mol. The lowest BCUT2D eigenvalue weighted by Gasteiger charge is -2.24. The lowest BCUT2D eigenvalue weighted by atomic mass is 9.87. The second kappa shape index (κ2) is 6.38. The molecule has 0 aromatic heterocycles. The number of hydrogen-bond donors (Lipinski definition) is 0. The van der Waals surface area contributed by atoms with Crippen LogP contribution in [0.2, 0.25) is 0 Å². The van der Waals surface area contributed by atoms with Gasteiger partial charge < -0.3 is 9.47 Å². The molecule has 2 bridgehead atoms. The molecule has 1 saturated carbocycles. The highest BCUT2D eigenvalue weighted by Gasteiger charge is 2.43. The van der Waals surface area contributed by atoms with Crippen LogP contribution < -0.4 is 9.47 Å². The van der Waals surface area contributed by atoms with E-state index in [-0.39, 0.29) is 0 Å². The third-order valence-corrected chi connectivity index (χ3v) is 5.53. The Bertz CT molecular complexity index is 934. The van der Waals surface area contributed by atoms with E-state index in [0.29, 0.717) is 34.5 Å². The van der Waals surface area contributed by atoms with E-state index < -0.39 is 11.9 Å². The van der Waals surface area contributed by atoms with Crippen LogP contribution in [0.1, 0.15) is 56.1 Å². The molecule has 0 amide bonds. The summed E-state index contributed by atoms with van der Waals surface area (Å²) in [7, 11) is 0. The summed E-state index contributed by atoms with van der Waals surface area (Å²) in [4.78, 5) is 24.6. The highest BCUT2D eigenvalue weighted by atomic mass is 16.5. The van der Waals surface area contributed by atoms with Crippen molar-refractivity contribution >= 4 is 22.7 Å². The van der Waals surface area contributed by atoms with Crippen molar-refractivity contribution in [1.29, 1.82) is 0 Å². The molecule has 4 rings (SSSR count). The zero-order valence-electron chi connectivity index (χ0n) is 15.6. The van der Waals surface area contributed by atoms with E-state index in [0.717, 1.165) is 41.2 Å². The van der Waals surface area contributed by atoms with Crippen LogP contribution >= 0.6 is 0 Å². The quantitative estimate of drug-likeness (QED) is 0.428. The van der Waals surface area contributed by atoms with Gasteiger partial charge in [0.2, 0.25) is 0 Å². The first-order valence-electron chi connectivity index (χ1n) is 9.22. The number of carbonyl (C=O) groups excluding carboxylic acids is 2. The number of carbonyl (C=O) groups is 2. The fourth-order valence-corrected chi connectivity index (χ4v) is 4.31. The molecule has 2 aromatic carbocycles. The Morgan fingerprint density at radius 3 is 1.63 bits per heavy atom. The standard InChI is InChI=1S/C23H22O4/c1-12(2)22(24)26-20-16-7-5-6-8-17(16)21(27-23(25)13(3)4)19-15-10-9-14(11-15)18(19)20/h5-8,14-15H,1,3,9-11H2,2,4H3. The Morgan fingerprint density at radius 1 is 0.852 bits per heavy atom. The minimum atomic E-state index is -0.434. The van der Waals surface area contributed by atoms with Gasteiger partial charge in [-0.15, -0.1) is 0 Å². The van der Waals surface area contributed by atoms with E-state index >= 15 is 0 Å². The minimum absolute atomic E-state index is 0.324. The van der Waals surface area contributed by atoms with Crippen LogP contribution in [0.15, 0.2) is 48.6 Å². The third kappa shape index (κ3) is 2.76. The number of benzene rings is 2. The van der Waals surface area contributed by atoms with Gasteiger partial charge in [-0.2, -0.15) is 0 Å². The summed E-state index contributed by atoms with van der Waals surface area (Å²) in [6, 6.07) is 7.59. The summed E-state index contributed by atoms with van der Waals surface area (Å²) < 4.78 is 11.6. The molecule has 0 N–H and O–H groups in total. The van der Waals surface area contributed by atoms with Gasteiger partial charge in [0.05, 0.1) is 0 Å². The summed E-state index contributed by atoms with van der Waals surface area (Å²) in [5.41, 5.74) is 2.75. The molecule has 2 unspecified atom stereocenters. The summed E-state index contributed by atoms with van der Waals surface area (Å²) in [6.07, 6.45) is 3.11. The number of hydrogen-bond acceptors (Lipinski definition) is 4. The van der Waals surface area contributed by atoms with Crippen LogP contribution in [0.4, 0.5) is 0 Å². The van der Waals surface area contributed by atoms with E-state index in [4.69, 9.17) is 9.47 Å². The fraction of sp³-hybridized carbons (Fsp3) is 0.304. The molecule has 2 aliphatic carbocycles. The molecule has 0 radical (unpaired) electrons. The van der Waals surface area contributed by atoms with Gasteiger partial charge in [0.1, 0.15) is 11.5 Å². The maximum Gasteiger partial charge on any atom is 0.338 e. The first-order valence-corrected chi connectivity index (χ1v) is 9.22. The topological polar surface area (TPSA) is 52.6 Å². The predicted octanol–water partition coefficient (Wildman–Crippen LogP) is 5.17. The van der Waals surface area contributed by atoms with Crippen molar-refractivity contribution in [2.45, 2.75) is 44.9 Å². The van der Waals surface area contributed by atoms with Crippen molar-refractivity contribution in [3.63, 3.8) is 0 Å². The molecule has 4 nitrogen and oxygen atoms in total. The summed E-state index contributed by atoms with van der Waals surface area (Å²) in [5.74, 6) is 0.968. The van der Waals surface area contributed by atoms with Crippen molar-refractivity contribution in [3.05, 3.63) is 59.7 Å². The molecule has 2 aromatic rings. The predicted molar refractivity (Wildman–Crippen MR) is 104 cm³/mol. The zero-order chi connectivity index (χ0) is 19.3. The highest BCUT2D eigenvalue weighted by Crippen LogP contribution is 2.61. The van der Waals surface area contributed by atoms with E-state index in [2.05, 4.69) is 13.2 Å². The number of fused-ring (bicyclic) bond motifs is 6.